The second-order valence-corrected chi connectivity index (χ2v) is 5.14. The van der Waals surface area contributed by atoms with Crippen LogP contribution in [0.5, 0.6) is 0 Å². The molecule has 0 spiro atoms. The maximum atomic E-state index is 3.69. The number of nitrogens with one attached hydrogen (secondary N) is 1. The van der Waals surface area contributed by atoms with Gasteiger partial charge in [-0.3, -0.25) is 0 Å². The Morgan fingerprint density at radius 1 is 1.09 bits per heavy atom. The molecule has 1 aliphatic rings. The van der Waals surface area contributed by atoms with Crippen LogP contribution in [0.25, 0.3) is 0 Å². The molecule has 1 fully saturated rings. The van der Waals surface area contributed by atoms with Gasteiger partial charge in [-0.1, -0.05) is 12.8 Å². The molecule has 1 N–H and O–H groups in total. The van der Waals surface area contributed by atoms with Crippen molar-refractivity contribution in [3.05, 3.63) is 0 Å². The largest absolute Gasteiger partial charge is 0.307 e. The van der Waals surface area contributed by atoms with Crippen LogP contribution in [0, 0.1) is 0 Å². The van der Waals surface area contributed by atoms with Crippen molar-refractivity contribution in [2.45, 2.75) is 64.5 Å². The van der Waals surface area contributed by atoms with Crippen LogP contribution in [-0.4, -0.2) is 11.1 Å². The summed E-state index contributed by atoms with van der Waals surface area (Å²) in [7, 11) is 0. The van der Waals surface area contributed by atoms with Crippen LogP contribution in [0.1, 0.15) is 53.4 Å². The van der Waals surface area contributed by atoms with Gasteiger partial charge in [-0.25, -0.2) is 0 Å². The number of rotatable bonds is 1. The van der Waals surface area contributed by atoms with Gasteiger partial charge in [-0.15, -0.1) is 0 Å². The van der Waals surface area contributed by atoms with E-state index in [0.29, 0.717) is 5.54 Å². The molecule has 0 aromatic rings. The van der Waals surface area contributed by atoms with E-state index in [9.17, 15) is 0 Å². The highest BCUT2D eigenvalue weighted by Gasteiger charge is 2.31. The Balaban J connectivity index is 2.46. The average Bonchev–Trinajstić information content (AvgIpc) is 2.09. The highest BCUT2D eigenvalue weighted by atomic mass is 15.0. The third-order valence-corrected chi connectivity index (χ3v) is 2.38. The summed E-state index contributed by atoms with van der Waals surface area (Å²) < 4.78 is 0. The molecule has 0 aromatic carbocycles. The molecule has 0 radical (unpaired) electrons. The minimum Gasteiger partial charge on any atom is -0.307 e. The summed E-state index contributed by atoms with van der Waals surface area (Å²) in [6.45, 7) is 9.09. The molecule has 0 atom stereocenters. The lowest BCUT2D eigenvalue weighted by molar-refractivity contribution is 0.267. The molecular weight excluding hydrogens is 134 g/mol. The van der Waals surface area contributed by atoms with Crippen LogP contribution >= 0.6 is 0 Å². The average molecular weight is 155 g/mol. The fourth-order valence-corrected chi connectivity index (χ4v) is 2.19. The lowest BCUT2D eigenvalue weighted by Crippen LogP contribution is -2.50. The SMILES string of the molecule is CC(C)(C)NC1(C)CCCC1. The van der Waals surface area contributed by atoms with Crippen molar-refractivity contribution >= 4 is 0 Å². The minimum absolute atomic E-state index is 0.277. The molecule has 0 bridgehead atoms. The van der Waals surface area contributed by atoms with Gasteiger partial charge in [-0.05, 0) is 40.5 Å². The maximum Gasteiger partial charge on any atom is 0.0158 e. The van der Waals surface area contributed by atoms with Crippen molar-refractivity contribution in [1.82, 2.24) is 5.32 Å². The van der Waals surface area contributed by atoms with Crippen LogP contribution in [0.4, 0.5) is 0 Å². The predicted molar refractivity (Wildman–Crippen MR) is 49.8 cm³/mol. The van der Waals surface area contributed by atoms with Crippen LogP contribution in [-0.2, 0) is 0 Å². The van der Waals surface area contributed by atoms with E-state index in [1.165, 1.54) is 25.7 Å². The zero-order valence-corrected chi connectivity index (χ0v) is 8.33. The first-order valence-corrected chi connectivity index (χ1v) is 4.71. The van der Waals surface area contributed by atoms with E-state index in [-0.39, 0.29) is 5.54 Å². The van der Waals surface area contributed by atoms with E-state index >= 15 is 0 Å². The van der Waals surface area contributed by atoms with E-state index in [2.05, 4.69) is 33.0 Å². The zero-order valence-electron chi connectivity index (χ0n) is 8.33. The van der Waals surface area contributed by atoms with Crippen LogP contribution in [0.3, 0.4) is 0 Å². The standard InChI is InChI=1S/C10H21N/c1-9(2,3)11-10(4)7-5-6-8-10/h11H,5-8H2,1-4H3. The summed E-state index contributed by atoms with van der Waals surface area (Å²) in [5.41, 5.74) is 0.706. The molecule has 1 aliphatic carbocycles. The summed E-state index contributed by atoms with van der Waals surface area (Å²) in [4.78, 5) is 0. The van der Waals surface area contributed by atoms with Gasteiger partial charge in [0.25, 0.3) is 0 Å². The van der Waals surface area contributed by atoms with E-state index in [1.807, 2.05) is 0 Å². The molecule has 1 saturated carbocycles. The van der Waals surface area contributed by atoms with Crippen molar-refractivity contribution in [3.8, 4) is 0 Å². The van der Waals surface area contributed by atoms with Gasteiger partial charge in [-0.2, -0.15) is 0 Å². The smallest absolute Gasteiger partial charge is 0.0158 e. The molecule has 1 heteroatoms. The molecule has 0 aliphatic heterocycles. The van der Waals surface area contributed by atoms with Gasteiger partial charge in [0.05, 0.1) is 0 Å². The Labute approximate surface area is 70.6 Å². The molecule has 0 unspecified atom stereocenters. The van der Waals surface area contributed by atoms with E-state index < -0.39 is 0 Å². The Hall–Kier alpha value is -0.0400. The second-order valence-electron chi connectivity index (χ2n) is 5.14. The normalized spacial score (nSPS) is 24.0. The van der Waals surface area contributed by atoms with Crippen molar-refractivity contribution in [2.75, 3.05) is 0 Å². The lowest BCUT2D eigenvalue weighted by atomic mass is 9.95. The third kappa shape index (κ3) is 2.82. The predicted octanol–water partition coefficient (Wildman–Crippen LogP) is 2.71. The Morgan fingerprint density at radius 2 is 1.55 bits per heavy atom. The van der Waals surface area contributed by atoms with Gasteiger partial charge < -0.3 is 5.32 Å². The fraction of sp³-hybridized carbons (Fsp3) is 1.00. The maximum absolute atomic E-state index is 3.69. The monoisotopic (exact) mass is 155 g/mol. The highest BCUT2D eigenvalue weighted by molar-refractivity contribution is 4.92. The molecule has 0 saturated heterocycles. The van der Waals surface area contributed by atoms with E-state index in [0.717, 1.165) is 0 Å². The number of hydrogen-bond donors (Lipinski definition) is 1. The van der Waals surface area contributed by atoms with Gasteiger partial charge in [0.2, 0.25) is 0 Å². The second kappa shape index (κ2) is 2.78. The fourth-order valence-electron chi connectivity index (χ4n) is 2.19. The van der Waals surface area contributed by atoms with Gasteiger partial charge >= 0.3 is 0 Å². The molecular formula is C10H21N. The summed E-state index contributed by atoms with van der Waals surface area (Å²) in [6, 6.07) is 0. The quantitative estimate of drug-likeness (QED) is 0.614. The minimum atomic E-state index is 0.277. The topological polar surface area (TPSA) is 12.0 Å². The van der Waals surface area contributed by atoms with E-state index in [4.69, 9.17) is 0 Å². The van der Waals surface area contributed by atoms with Gasteiger partial charge in [0, 0.05) is 11.1 Å². The Bertz CT molecular complexity index is 126. The Kier molecular flexibility index (Phi) is 2.29. The van der Waals surface area contributed by atoms with Crippen molar-refractivity contribution < 1.29 is 0 Å². The van der Waals surface area contributed by atoms with Crippen molar-refractivity contribution in [1.29, 1.82) is 0 Å². The number of hydrogen-bond acceptors (Lipinski definition) is 1. The summed E-state index contributed by atoms with van der Waals surface area (Å²) in [6.07, 6.45) is 5.51. The zero-order chi connectivity index (χ0) is 8.54. The first kappa shape index (κ1) is 9.05. The van der Waals surface area contributed by atoms with Crippen molar-refractivity contribution in [3.63, 3.8) is 0 Å². The molecule has 1 rings (SSSR count). The Morgan fingerprint density at radius 3 is 1.91 bits per heavy atom. The molecule has 11 heavy (non-hydrogen) atoms. The molecule has 1 nitrogen and oxygen atoms in total. The summed E-state index contributed by atoms with van der Waals surface area (Å²) in [5, 5.41) is 3.69. The molecule has 0 heterocycles. The molecule has 66 valence electrons. The van der Waals surface area contributed by atoms with Gasteiger partial charge in [0.1, 0.15) is 0 Å². The molecule has 0 aromatic heterocycles. The van der Waals surface area contributed by atoms with Crippen molar-refractivity contribution in [2.24, 2.45) is 0 Å². The third-order valence-electron chi connectivity index (χ3n) is 2.38. The van der Waals surface area contributed by atoms with Crippen LogP contribution in [0.15, 0.2) is 0 Å². The van der Waals surface area contributed by atoms with E-state index in [1.54, 1.807) is 0 Å². The van der Waals surface area contributed by atoms with Crippen LogP contribution in [0.2, 0.25) is 0 Å². The summed E-state index contributed by atoms with van der Waals surface area (Å²) >= 11 is 0. The molecule has 0 amide bonds. The summed E-state index contributed by atoms with van der Waals surface area (Å²) in [5.74, 6) is 0. The first-order chi connectivity index (χ1) is 4.91. The lowest BCUT2D eigenvalue weighted by Gasteiger charge is -2.34. The van der Waals surface area contributed by atoms with Gasteiger partial charge in [0.15, 0.2) is 0 Å². The highest BCUT2D eigenvalue weighted by Crippen LogP contribution is 2.30. The first-order valence-electron chi connectivity index (χ1n) is 4.71. The van der Waals surface area contributed by atoms with Crippen LogP contribution < -0.4 is 5.32 Å².